The lowest BCUT2D eigenvalue weighted by Crippen LogP contribution is -2.27. The number of rotatable bonds is 5. The van der Waals surface area contributed by atoms with Crippen LogP contribution < -0.4 is 10.6 Å². The summed E-state index contributed by atoms with van der Waals surface area (Å²) in [5.41, 5.74) is 0.508. The van der Waals surface area contributed by atoms with E-state index in [-0.39, 0.29) is 36.4 Å². The molecule has 2 rings (SSSR count). The van der Waals surface area contributed by atoms with Gasteiger partial charge in [0.15, 0.2) is 5.76 Å². The van der Waals surface area contributed by atoms with E-state index in [1.807, 2.05) is 0 Å². The van der Waals surface area contributed by atoms with Crippen molar-refractivity contribution in [3.63, 3.8) is 0 Å². The first-order valence-corrected chi connectivity index (χ1v) is 6.02. The van der Waals surface area contributed by atoms with E-state index in [9.17, 15) is 14.0 Å². The smallest absolute Gasteiger partial charge is 0.286 e. The molecule has 0 aliphatic rings. The molecule has 0 unspecified atom stereocenters. The van der Waals surface area contributed by atoms with Gasteiger partial charge in [0.05, 0.1) is 6.26 Å². The lowest BCUT2D eigenvalue weighted by atomic mass is 10.3. The number of halogens is 1. The third kappa shape index (κ3) is 3.94. The summed E-state index contributed by atoms with van der Waals surface area (Å²) in [6.07, 6.45) is 1.51. The van der Waals surface area contributed by atoms with E-state index in [1.165, 1.54) is 36.6 Å². The second-order valence-corrected chi connectivity index (χ2v) is 4.04. The first-order chi connectivity index (χ1) is 9.65. The van der Waals surface area contributed by atoms with Crippen LogP contribution in [0.2, 0.25) is 0 Å². The van der Waals surface area contributed by atoms with E-state index in [1.54, 1.807) is 6.07 Å². The van der Waals surface area contributed by atoms with Gasteiger partial charge in [0.25, 0.3) is 5.91 Å². The summed E-state index contributed by atoms with van der Waals surface area (Å²) in [6.45, 7) is 0.187. The van der Waals surface area contributed by atoms with Crippen LogP contribution in [0.15, 0.2) is 47.1 Å². The number of carbonyl (C=O) groups excluding carboxylic acids is 2. The largest absolute Gasteiger partial charge is 0.459 e. The first kappa shape index (κ1) is 13.8. The summed E-state index contributed by atoms with van der Waals surface area (Å²) in [6, 6.07) is 8.59. The minimum absolute atomic E-state index is 0.115. The number of hydrogen-bond acceptors (Lipinski definition) is 3. The Hall–Kier alpha value is -2.63. The summed E-state index contributed by atoms with van der Waals surface area (Å²) < 4.78 is 17.6. The predicted octanol–water partition coefficient (Wildman–Crippen LogP) is 2.18. The van der Waals surface area contributed by atoms with Crippen LogP contribution in [0.5, 0.6) is 0 Å². The Kier molecular flexibility index (Phi) is 4.49. The van der Waals surface area contributed by atoms with Gasteiger partial charge >= 0.3 is 0 Å². The van der Waals surface area contributed by atoms with Crippen LogP contribution in [-0.4, -0.2) is 18.4 Å². The molecule has 1 aromatic carbocycles. The molecule has 0 radical (unpaired) electrons. The maximum absolute atomic E-state index is 12.7. The minimum atomic E-state index is -0.371. The van der Waals surface area contributed by atoms with Gasteiger partial charge < -0.3 is 15.1 Å². The molecule has 104 valence electrons. The van der Waals surface area contributed by atoms with E-state index in [0.29, 0.717) is 5.69 Å². The molecule has 6 heteroatoms. The van der Waals surface area contributed by atoms with E-state index in [2.05, 4.69) is 10.6 Å². The third-order valence-electron chi connectivity index (χ3n) is 2.51. The van der Waals surface area contributed by atoms with Crippen LogP contribution in [0.25, 0.3) is 0 Å². The zero-order valence-electron chi connectivity index (χ0n) is 10.6. The minimum Gasteiger partial charge on any atom is -0.459 e. The van der Waals surface area contributed by atoms with Gasteiger partial charge in [0.2, 0.25) is 5.91 Å². The van der Waals surface area contributed by atoms with Crippen molar-refractivity contribution >= 4 is 17.5 Å². The van der Waals surface area contributed by atoms with Crippen molar-refractivity contribution in [1.82, 2.24) is 5.32 Å². The molecule has 2 amide bonds. The Morgan fingerprint density at radius 2 is 1.90 bits per heavy atom. The molecule has 2 N–H and O–H groups in total. The van der Waals surface area contributed by atoms with Gasteiger partial charge in [-0.2, -0.15) is 0 Å². The van der Waals surface area contributed by atoms with E-state index in [0.717, 1.165) is 0 Å². The molecule has 0 aliphatic carbocycles. The summed E-state index contributed by atoms with van der Waals surface area (Å²) in [4.78, 5) is 23.1. The fraction of sp³-hybridized carbons (Fsp3) is 0.143. The second kappa shape index (κ2) is 6.51. The maximum atomic E-state index is 12.7. The number of anilines is 1. The average Bonchev–Trinajstić information content (AvgIpc) is 2.95. The number of nitrogens with one attached hydrogen (secondary N) is 2. The lowest BCUT2D eigenvalue weighted by Gasteiger charge is -2.05. The third-order valence-corrected chi connectivity index (χ3v) is 2.51. The fourth-order valence-electron chi connectivity index (χ4n) is 1.54. The average molecular weight is 276 g/mol. The molecule has 2 aromatic rings. The highest BCUT2D eigenvalue weighted by molar-refractivity contribution is 5.93. The Morgan fingerprint density at radius 1 is 1.15 bits per heavy atom. The molecule has 5 nitrogen and oxygen atoms in total. The van der Waals surface area contributed by atoms with Gasteiger partial charge in [-0.05, 0) is 36.4 Å². The molecule has 0 saturated heterocycles. The van der Waals surface area contributed by atoms with Gasteiger partial charge in [0, 0.05) is 18.7 Å². The van der Waals surface area contributed by atoms with Crippen LogP contribution in [0.1, 0.15) is 17.0 Å². The number of amides is 2. The molecule has 20 heavy (non-hydrogen) atoms. The van der Waals surface area contributed by atoms with Gasteiger partial charge in [0.1, 0.15) is 5.82 Å². The van der Waals surface area contributed by atoms with Crippen molar-refractivity contribution in [3.8, 4) is 0 Å². The van der Waals surface area contributed by atoms with Crippen molar-refractivity contribution in [2.24, 2.45) is 0 Å². The zero-order valence-corrected chi connectivity index (χ0v) is 10.6. The Balaban J connectivity index is 1.73. The number of hydrogen-bond donors (Lipinski definition) is 2. The highest BCUT2D eigenvalue weighted by atomic mass is 19.1. The van der Waals surface area contributed by atoms with Gasteiger partial charge in [-0.25, -0.2) is 4.39 Å². The van der Waals surface area contributed by atoms with Crippen molar-refractivity contribution in [2.75, 3.05) is 11.9 Å². The molecular weight excluding hydrogens is 263 g/mol. The Bertz CT molecular complexity index is 579. The summed E-state index contributed by atoms with van der Waals surface area (Å²) in [5.74, 6) is -0.807. The lowest BCUT2D eigenvalue weighted by molar-refractivity contribution is -0.116. The molecule has 0 spiro atoms. The van der Waals surface area contributed by atoms with Crippen molar-refractivity contribution in [1.29, 1.82) is 0 Å². The number of carbonyl (C=O) groups is 2. The Labute approximate surface area is 114 Å². The highest BCUT2D eigenvalue weighted by Gasteiger charge is 2.08. The maximum Gasteiger partial charge on any atom is 0.286 e. The van der Waals surface area contributed by atoms with Gasteiger partial charge in [-0.1, -0.05) is 0 Å². The topological polar surface area (TPSA) is 71.3 Å². The zero-order chi connectivity index (χ0) is 14.4. The Morgan fingerprint density at radius 3 is 2.55 bits per heavy atom. The van der Waals surface area contributed by atoms with Crippen molar-refractivity contribution < 1.29 is 18.4 Å². The van der Waals surface area contributed by atoms with Gasteiger partial charge in [-0.15, -0.1) is 0 Å². The molecule has 1 aromatic heterocycles. The van der Waals surface area contributed by atoms with Crippen LogP contribution in [0.4, 0.5) is 10.1 Å². The molecule has 0 saturated carbocycles. The normalized spacial score (nSPS) is 10.1. The summed E-state index contributed by atoms with van der Waals surface area (Å²) >= 11 is 0. The van der Waals surface area contributed by atoms with E-state index in [4.69, 9.17) is 4.42 Å². The highest BCUT2D eigenvalue weighted by Crippen LogP contribution is 2.08. The standard InChI is InChI=1S/C14H13FN2O3/c15-10-3-5-11(6-4-10)17-13(18)7-8-16-14(19)12-2-1-9-20-12/h1-6,9H,7-8H2,(H,16,19)(H,17,18). The summed E-state index contributed by atoms with van der Waals surface area (Å²) in [5, 5.41) is 5.15. The van der Waals surface area contributed by atoms with Crippen LogP contribution in [0, 0.1) is 5.82 Å². The fourth-order valence-corrected chi connectivity index (χ4v) is 1.54. The van der Waals surface area contributed by atoms with Crippen LogP contribution in [-0.2, 0) is 4.79 Å². The van der Waals surface area contributed by atoms with E-state index >= 15 is 0 Å². The predicted molar refractivity (Wildman–Crippen MR) is 70.7 cm³/mol. The summed E-state index contributed by atoms with van der Waals surface area (Å²) in [7, 11) is 0. The molecular formula is C14H13FN2O3. The monoisotopic (exact) mass is 276 g/mol. The molecule has 0 atom stereocenters. The van der Waals surface area contributed by atoms with Crippen molar-refractivity contribution in [2.45, 2.75) is 6.42 Å². The molecule has 0 aliphatic heterocycles. The second-order valence-electron chi connectivity index (χ2n) is 4.04. The first-order valence-electron chi connectivity index (χ1n) is 6.02. The van der Waals surface area contributed by atoms with E-state index < -0.39 is 0 Å². The quantitative estimate of drug-likeness (QED) is 0.879. The molecule has 0 fully saturated rings. The number of furan rings is 1. The van der Waals surface area contributed by atoms with Crippen LogP contribution >= 0.6 is 0 Å². The molecule has 0 bridgehead atoms. The SMILES string of the molecule is O=C(CCNC(=O)c1ccco1)Nc1ccc(F)cc1. The number of benzene rings is 1. The van der Waals surface area contributed by atoms with Crippen molar-refractivity contribution in [3.05, 3.63) is 54.2 Å². The molecule has 1 heterocycles. The van der Waals surface area contributed by atoms with Crippen LogP contribution in [0.3, 0.4) is 0 Å². The van der Waals surface area contributed by atoms with Gasteiger partial charge in [-0.3, -0.25) is 9.59 Å².